The van der Waals surface area contributed by atoms with Crippen LogP contribution in [0.4, 0.5) is 5.95 Å². The van der Waals surface area contributed by atoms with E-state index in [1.165, 1.54) is 0 Å². The van der Waals surface area contributed by atoms with Crippen molar-refractivity contribution in [1.29, 1.82) is 0 Å². The molecule has 4 heterocycles. The first-order valence-electron chi connectivity index (χ1n) is 9.73. The molecule has 1 aliphatic rings. The predicted octanol–water partition coefficient (Wildman–Crippen LogP) is 2.95. The molecule has 0 unspecified atom stereocenters. The molecule has 5 rings (SSSR count). The molecule has 1 fully saturated rings. The van der Waals surface area contributed by atoms with Crippen LogP contribution >= 0.6 is 0 Å². The number of aromatic nitrogens is 5. The normalized spacial score (nSPS) is 18.8. The van der Waals surface area contributed by atoms with Crippen LogP contribution in [0.3, 0.4) is 0 Å². The van der Waals surface area contributed by atoms with Gasteiger partial charge in [0.05, 0.1) is 31.0 Å². The lowest BCUT2D eigenvalue weighted by Gasteiger charge is -2.35. The summed E-state index contributed by atoms with van der Waals surface area (Å²) in [5.41, 5.74) is 3.75. The largest absolute Gasteiger partial charge is 0.382 e. The molecule has 1 N–H and O–H groups in total. The highest BCUT2D eigenvalue weighted by atomic mass is 16.5. The summed E-state index contributed by atoms with van der Waals surface area (Å²) in [6.45, 7) is 1.27. The number of methoxy groups -OCH3 is 1. The fraction of sp³-hybridized carbons (Fsp3) is 0.333. The highest BCUT2D eigenvalue weighted by Gasteiger charge is 2.30. The van der Waals surface area contributed by atoms with Gasteiger partial charge in [0.2, 0.25) is 5.95 Å². The van der Waals surface area contributed by atoms with Crippen LogP contribution < -0.4 is 5.32 Å². The van der Waals surface area contributed by atoms with Gasteiger partial charge in [0.15, 0.2) is 5.65 Å². The third-order valence-corrected chi connectivity index (χ3v) is 5.25. The molecule has 8 nitrogen and oxygen atoms in total. The number of rotatable bonds is 7. The predicted molar refractivity (Wildman–Crippen MR) is 110 cm³/mol. The van der Waals surface area contributed by atoms with E-state index in [9.17, 15) is 0 Å². The number of hydrogen-bond donors (Lipinski definition) is 1. The third kappa shape index (κ3) is 3.64. The van der Waals surface area contributed by atoms with Gasteiger partial charge in [0, 0.05) is 48.3 Å². The van der Waals surface area contributed by atoms with E-state index in [0.717, 1.165) is 40.5 Å². The van der Waals surface area contributed by atoms with E-state index < -0.39 is 0 Å². The van der Waals surface area contributed by atoms with E-state index in [4.69, 9.17) is 9.47 Å². The van der Waals surface area contributed by atoms with Crippen LogP contribution in [0.2, 0.25) is 0 Å². The van der Waals surface area contributed by atoms with Gasteiger partial charge in [-0.05, 0) is 37.1 Å². The van der Waals surface area contributed by atoms with Gasteiger partial charge in [0.1, 0.15) is 0 Å². The van der Waals surface area contributed by atoms with Crippen molar-refractivity contribution in [1.82, 2.24) is 24.6 Å². The SMILES string of the molecule is COCCOC1CC(Nc2ncc3c(-c4cnc5ncccc5c4)ccn3n2)C1. The number of fused-ring (bicyclic) bond motifs is 2. The number of pyridine rings is 2. The van der Waals surface area contributed by atoms with E-state index >= 15 is 0 Å². The Labute approximate surface area is 167 Å². The Morgan fingerprint density at radius 3 is 2.97 bits per heavy atom. The number of hydrogen-bond acceptors (Lipinski definition) is 7. The molecule has 0 aliphatic heterocycles. The zero-order chi connectivity index (χ0) is 19.6. The average Bonchev–Trinajstić information content (AvgIpc) is 3.15. The van der Waals surface area contributed by atoms with Crippen LogP contribution in [-0.4, -0.2) is 57.0 Å². The zero-order valence-electron chi connectivity index (χ0n) is 16.2. The van der Waals surface area contributed by atoms with E-state index in [1.54, 1.807) is 13.3 Å². The smallest absolute Gasteiger partial charge is 0.241 e. The van der Waals surface area contributed by atoms with Gasteiger partial charge in [-0.15, -0.1) is 5.10 Å². The third-order valence-electron chi connectivity index (χ3n) is 5.25. The lowest BCUT2D eigenvalue weighted by Crippen LogP contribution is -2.41. The Hall–Kier alpha value is -3.10. The number of nitrogens with one attached hydrogen (secondary N) is 1. The topological polar surface area (TPSA) is 86.5 Å². The van der Waals surface area contributed by atoms with Crippen molar-refractivity contribution in [2.24, 2.45) is 0 Å². The minimum Gasteiger partial charge on any atom is -0.382 e. The van der Waals surface area contributed by atoms with Crippen molar-refractivity contribution < 1.29 is 9.47 Å². The molecule has 0 amide bonds. The molecule has 0 spiro atoms. The Morgan fingerprint density at radius 2 is 2.07 bits per heavy atom. The van der Waals surface area contributed by atoms with E-state index in [1.807, 2.05) is 41.3 Å². The van der Waals surface area contributed by atoms with Crippen molar-refractivity contribution in [2.45, 2.75) is 25.0 Å². The molecule has 29 heavy (non-hydrogen) atoms. The van der Waals surface area contributed by atoms with Gasteiger partial charge in [-0.3, -0.25) is 0 Å². The van der Waals surface area contributed by atoms with Crippen molar-refractivity contribution >= 4 is 22.5 Å². The van der Waals surface area contributed by atoms with Crippen molar-refractivity contribution in [3.8, 4) is 11.1 Å². The highest BCUT2D eigenvalue weighted by molar-refractivity contribution is 5.86. The fourth-order valence-electron chi connectivity index (χ4n) is 3.62. The van der Waals surface area contributed by atoms with Gasteiger partial charge in [0.25, 0.3) is 0 Å². The molecule has 1 saturated carbocycles. The maximum Gasteiger partial charge on any atom is 0.241 e. The second kappa shape index (κ2) is 7.73. The Morgan fingerprint density at radius 1 is 1.14 bits per heavy atom. The summed E-state index contributed by atoms with van der Waals surface area (Å²) in [6, 6.07) is 8.40. The van der Waals surface area contributed by atoms with Crippen LogP contribution in [0.5, 0.6) is 0 Å². The first kappa shape index (κ1) is 18.0. The quantitative estimate of drug-likeness (QED) is 0.486. The molecule has 4 aromatic rings. The van der Waals surface area contributed by atoms with Gasteiger partial charge in [-0.25, -0.2) is 19.5 Å². The van der Waals surface area contributed by atoms with Crippen LogP contribution in [0.15, 0.2) is 49.1 Å². The summed E-state index contributed by atoms with van der Waals surface area (Å²) in [6.07, 6.45) is 9.60. The Kier molecular flexibility index (Phi) is 4.79. The second-order valence-electron chi connectivity index (χ2n) is 7.21. The maximum absolute atomic E-state index is 5.72. The van der Waals surface area contributed by atoms with Gasteiger partial charge in [-0.1, -0.05) is 0 Å². The molecular formula is C21H22N6O2. The zero-order valence-corrected chi connectivity index (χ0v) is 16.2. The summed E-state index contributed by atoms with van der Waals surface area (Å²) >= 11 is 0. The number of anilines is 1. The average molecular weight is 390 g/mol. The van der Waals surface area contributed by atoms with E-state index in [0.29, 0.717) is 31.3 Å². The molecule has 0 atom stereocenters. The molecule has 0 saturated heterocycles. The monoisotopic (exact) mass is 390 g/mol. The fourth-order valence-corrected chi connectivity index (χ4v) is 3.62. The van der Waals surface area contributed by atoms with Crippen molar-refractivity contribution in [3.05, 3.63) is 49.1 Å². The Balaban J connectivity index is 1.30. The minimum absolute atomic E-state index is 0.291. The van der Waals surface area contributed by atoms with Gasteiger partial charge in [-0.2, -0.15) is 0 Å². The van der Waals surface area contributed by atoms with Crippen LogP contribution in [0, 0.1) is 0 Å². The van der Waals surface area contributed by atoms with Crippen molar-refractivity contribution in [3.63, 3.8) is 0 Å². The lowest BCUT2D eigenvalue weighted by atomic mass is 9.89. The Bertz CT molecular complexity index is 1140. The van der Waals surface area contributed by atoms with Crippen molar-refractivity contribution in [2.75, 3.05) is 25.6 Å². The second-order valence-corrected chi connectivity index (χ2v) is 7.21. The number of nitrogens with zero attached hydrogens (tertiary/aromatic N) is 5. The maximum atomic E-state index is 5.72. The summed E-state index contributed by atoms with van der Waals surface area (Å²) in [5.74, 6) is 0.626. The highest BCUT2D eigenvalue weighted by Crippen LogP contribution is 2.28. The van der Waals surface area contributed by atoms with Gasteiger partial charge >= 0.3 is 0 Å². The molecule has 0 aromatic carbocycles. The first-order valence-corrected chi connectivity index (χ1v) is 9.73. The van der Waals surface area contributed by atoms with E-state index in [-0.39, 0.29) is 0 Å². The summed E-state index contributed by atoms with van der Waals surface area (Å²) in [7, 11) is 1.68. The summed E-state index contributed by atoms with van der Waals surface area (Å²) in [5, 5.41) is 9.01. The standard InChI is InChI=1S/C21H22N6O2/c1-28-7-8-29-17-10-16(11-17)25-21-24-13-19-18(4-6-27(19)26-21)15-9-14-3-2-5-22-20(14)23-12-15/h2-6,9,12-13,16-17H,7-8,10-11H2,1H3,(H,25,26). The summed E-state index contributed by atoms with van der Waals surface area (Å²) in [4.78, 5) is 13.3. The van der Waals surface area contributed by atoms with Crippen LogP contribution in [-0.2, 0) is 9.47 Å². The van der Waals surface area contributed by atoms with Gasteiger partial charge < -0.3 is 14.8 Å². The first-order chi connectivity index (χ1) is 14.3. The molecule has 1 aliphatic carbocycles. The molecule has 148 valence electrons. The lowest BCUT2D eigenvalue weighted by molar-refractivity contribution is -0.0261. The number of ether oxygens (including phenoxy) is 2. The van der Waals surface area contributed by atoms with Crippen LogP contribution in [0.1, 0.15) is 12.8 Å². The minimum atomic E-state index is 0.291. The molecule has 4 aromatic heterocycles. The van der Waals surface area contributed by atoms with E-state index in [2.05, 4.69) is 31.4 Å². The van der Waals surface area contributed by atoms with Crippen LogP contribution in [0.25, 0.3) is 27.7 Å². The molecular weight excluding hydrogens is 368 g/mol. The molecule has 8 heteroatoms. The molecule has 0 radical (unpaired) electrons. The summed E-state index contributed by atoms with van der Waals surface area (Å²) < 4.78 is 12.6. The molecule has 0 bridgehead atoms.